The van der Waals surface area contributed by atoms with Crippen LogP contribution in [0.4, 0.5) is 4.39 Å². The molecule has 0 unspecified atom stereocenters. The topological polar surface area (TPSA) is 42.8 Å². The number of halogens is 1. The molecule has 132 valence electrons. The predicted molar refractivity (Wildman–Crippen MR) is 94.2 cm³/mol. The van der Waals surface area contributed by atoms with Crippen LogP contribution >= 0.6 is 0 Å². The van der Waals surface area contributed by atoms with E-state index in [1.54, 1.807) is 12.1 Å². The van der Waals surface area contributed by atoms with Gasteiger partial charge < -0.3 is 15.0 Å². The van der Waals surface area contributed by atoms with Gasteiger partial charge in [0.25, 0.3) is 5.91 Å². The number of carbonyl (C=O) groups excluding carboxylic acids is 1. The number of amides is 1. The van der Waals surface area contributed by atoms with Crippen molar-refractivity contribution in [1.82, 2.24) is 5.32 Å². The van der Waals surface area contributed by atoms with Crippen LogP contribution in [-0.4, -0.2) is 38.8 Å². The molecule has 2 aromatic rings. The van der Waals surface area contributed by atoms with Crippen molar-refractivity contribution in [2.75, 3.05) is 32.8 Å². The molecule has 2 N–H and O–H groups in total. The molecule has 0 bridgehead atoms. The van der Waals surface area contributed by atoms with Crippen LogP contribution in [0.15, 0.2) is 48.5 Å². The summed E-state index contributed by atoms with van der Waals surface area (Å²) in [5, 5.41) is 3.02. The van der Waals surface area contributed by atoms with Crippen molar-refractivity contribution < 1.29 is 18.8 Å². The zero-order chi connectivity index (χ0) is 17.6. The van der Waals surface area contributed by atoms with Crippen molar-refractivity contribution in [3.05, 3.63) is 71.0 Å². The molecule has 0 spiro atoms. The summed E-state index contributed by atoms with van der Waals surface area (Å²) in [6.07, 6.45) is 0. The van der Waals surface area contributed by atoms with Crippen LogP contribution in [0.3, 0.4) is 0 Å². The number of carbonyl (C=O) groups is 1. The highest BCUT2D eigenvalue weighted by Crippen LogP contribution is 2.15. The number of hydrogen-bond acceptors (Lipinski definition) is 2. The first kappa shape index (κ1) is 17.6. The number of hydrogen-bond donors (Lipinski definition) is 2. The third-order valence-electron chi connectivity index (χ3n) is 4.60. The smallest absolute Gasteiger partial charge is 0.254 e. The number of morpholine rings is 1. The van der Waals surface area contributed by atoms with Gasteiger partial charge in [-0.15, -0.1) is 0 Å². The number of nitrogens with one attached hydrogen (secondary N) is 2. The van der Waals surface area contributed by atoms with E-state index in [0.717, 1.165) is 38.4 Å². The Labute approximate surface area is 147 Å². The van der Waals surface area contributed by atoms with Crippen LogP contribution in [0.25, 0.3) is 0 Å². The standard InChI is InChI=1S/C20H23FN2O2/c1-15-6-8-16(9-7-15)19(14-23-10-12-25-13-11-23)22-20(24)17-4-2-3-5-18(17)21/h2-9,19H,10-14H2,1H3,(H,22,24)/p+1/t19-/m1/s1. The normalized spacial score (nSPS) is 16.4. The van der Waals surface area contributed by atoms with Gasteiger partial charge in [-0.25, -0.2) is 4.39 Å². The maximum Gasteiger partial charge on any atom is 0.254 e. The summed E-state index contributed by atoms with van der Waals surface area (Å²) < 4.78 is 19.3. The molecular formula is C20H24FN2O2+. The second kappa shape index (κ2) is 8.23. The van der Waals surface area contributed by atoms with Crippen molar-refractivity contribution >= 4 is 5.91 Å². The molecule has 3 rings (SSSR count). The molecular weight excluding hydrogens is 319 g/mol. The van der Waals surface area contributed by atoms with E-state index in [0.29, 0.717) is 0 Å². The van der Waals surface area contributed by atoms with Crippen LogP contribution in [-0.2, 0) is 4.74 Å². The Bertz CT molecular complexity index is 712. The van der Waals surface area contributed by atoms with Gasteiger partial charge in [-0.2, -0.15) is 0 Å². The zero-order valence-corrected chi connectivity index (χ0v) is 14.4. The third kappa shape index (κ3) is 4.65. The van der Waals surface area contributed by atoms with E-state index in [2.05, 4.69) is 5.32 Å². The molecule has 1 atom stereocenters. The van der Waals surface area contributed by atoms with Gasteiger partial charge in [0.15, 0.2) is 0 Å². The molecule has 1 fully saturated rings. The fourth-order valence-electron chi connectivity index (χ4n) is 3.09. The number of quaternary nitrogens is 1. The lowest BCUT2D eigenvalue weighted by Crippen LogP contribution is -3.14. The quantitative estimate of drug-likeness (QED) is 0.864. The number of benzene rings is 2. The van der Waals surface area contributed by atoms with Crippen molar-refractivity contribution in [1.29, 1.82) is 0 Å². The van der Waals surface area contributed by atoms with Crippen molar-refractivity contribution in [2.24, 2.45) is 0 Å². The molecule has 0 radical (unpaired) electrons. The molecule has 1 amide bonds. The molecule has 0 aromatic heterocycles. The van der Waals surface area contributed by atoms with Crippen LogP contribution in [0.1, 0.15) is 27.5 Å². The largest absolute Gasteiger partial charge is 0.370 e. The highest BCUT2D eigenvalue weighted by atomic mass is 19.1. The second-order valence-electron chi connectivity index (χ2n) is 6.48. The third-order valence-corrected chi connectivity index (χ3v) is 4.60. The van der Waals surface area contributed by atoms with E-state index in [1.807, 2.05) is 31.2 Å². The van der Waals surface area contributed by atoms with Crippen LogP contribution < -0.4 is 10.2 Å². The zero-order valence-electron chi connectivity index (χ0n) is 14.4. The van der Waals surface area contributed by atoms with Crippen molar-refractivity contribution in [3.63, 3.8) is 0 Å². The van der Waals surface area contributed by atoms with Gasteiger partial charge in [0, 0.05) is 0 Å². The van der Waals surface area contributed by atoms with Crippen LogP contribution in [0.5, 0.6) is 0 Å². The molecule has 0 saturated carbocycles. The predicted octanol–water partition coefficient (Wildman–Crippen LogP) is 1.52. The number of ether oxygens (including phenoxy) is 1. The first-order valence-electron chi connectivity index (χ1n) is 8.67. The molecule has 5 heteroatoms. The summed E-state index contributed by atoms with van der Waals surface area (Å²) in [4.78, 5) is 14.0. The minimum absolute atomic E-state index is 0.0802. The van der Waals surface area contributed by atoms with Crippen LogP contribution in [0, 0.1) is 12.7 Å². The summed E-state index contributed by atoms with van der Waals surface area (Å²) in [5.41, 5.74) is 2.28. The van der Waals surface area contributed by atoms with E-state index < -0.39 is 5.82 Å². The SMILES string of the molecule is Cc1ccc([C@@H](C[NH+]2CCOCC2)NC(=O)c2ccccc2F)cc1. The molecule has 1 heterocycles. The van der Waals surface area contributed by atoms with Crippen molar-refractivity contribution in [2.45, 2.75) is 13.0 Å². The lowest BCUT2D eigenvalue weighted by molar-refractivity contribution is -0.909. The molecule has 0 aliphatic carbocycles. The molecule has 1 aliphatic heterocycles. The summed E-state index contributed by atoms with van der Waals surface area (Å²) in [6.45, 7) is 6.08. The Balaban J connectivity index is 1.78. The summed E-state index contributed by atoms with van der Waals surface area (Å²) in [7, 11) is 0. The van der Waals surface area contributed by atoms with Gasteiger partial charge in [0.2, 0.25) is 0 Å². The lowest BCUT2D eigenvalue weighted by Gasteiger charge is -2.28. The highest BCUT2D eigenvalue weighted by Gasteiger charge is 2.24. The molecule has 4 nitrogen and oxygen atoms in total. The van der Waals surface area contributed by atoms with E-state index in [-0.39, 0.29) is 17.5 Å². The Morgan fingerprint density at radius 2 is 1.84 bits per heavy atom. The number of aryl methyl sites for hydroxylation is 1. The lowest BCUT2D eigenvalue weighted by atomic mass is 10.0. The van der Waals surface area contributed by atoms with Gasteiger partial charge >= 0.3 is 0 Å². The average Bonchev–Trinajstić information content (AvgIpc) is 2.63. The van der Waals surface area contributed by atoms with E-state index in [9.17, 15) is 9.18 Å². The molecule has 1 saturated heterocycles. The Morgan fingerprint density at radius 1 is 1.16 bits per heavy atom. The fraction of sp³-hybridized carbons (Fsp3) is 0.350. The van der Waals surface area contributed by atoms with Gasteiger partial charge in [-0.05, 0) is 24.6 Å². The maximum absolute atomic E-state index is 13.9. The second-order valence-corrected chi connectivity index (χ2v) is 6.48. The number of rotatable bonds is 5. The monoisotopic (exact) mass is 343 g/mol. The van der Waals surface area contributed by atoms with Gasteiger partial charge in [0.1, 0.15) is 31.5 Å². The minimum atomic E-state index is -0.499. The van der Waals surface area contributed by atoms with E-state index in [4.69, 9.17) is 4.74 Å². The molecule has 2 aromatic carbocycles. The van der Waals surface area contributed by atoms with E-state index in [1.165, 1.54) is 22.6 Å². The fourth-order valence-corrected chi connectivity index (χ4v) is 3.09. The Hall–Kier alpha value is -2.24. The van der Waals surface area contributed by atoms with Gasteiger partial charge in [-0.1, -0.05) is 42.0 Å². The molecule has 25 heavy (non-hydrogen) atoms. The maximum atomic E-state index is 13.9. The minimum Gasteiger partial charge on any atom is -0.370 e. The average molecular weight is 343 g/mol. The van der Waals surface area contributed by atoms with E-state index >= 15 is 0 Å². The Morgan fingerprint density at radius 3 is 2.52 bits per heavy atom. The summed E-state index contributed by atoms with van der Waals surface area (Å²) in [5.74, 6) is -0.877. The highest BCUT2D eigenvalue weighted by molar-refractivity contribution is 5.94. The molecule has 1 aliphatic rings. The van der Waals surface area contributed by atoms with Gasteiger partial charge in [0.05, 0.1) is 18.8 Å². The first-order chi connectivity index (χ1) is 12.1. The first-order valence-corrected chi connectivity index (χ1v) is 8.67. The van der Waals surface area contributed by atoms with Crippen molar-refractivity contribution in [3.8, 4) is 0 Å². The van der Waals surface area contributed by atoms with Gasteiger partial charge in [-0.3, -0.25) is 4.79 Å². The Kier molecular flexibility index (Phi) is 5.79. The summed E-state index contributed by atoms with van der Waals surface area (Å²) in [6, 6.07) is 14.0. The summed E-state index contributed by atoms with van der Waals surface area (Å²) >= 11 is 0. The van der Waals surface area contributed by atoms with Crippen LogP contribution in [0.2, 0.25) is 0 Å².